The number of carbonyl (C=O) groups is 1. The molecule has 1 saturated carbocycles. The van der Waals surface area contributed by atoms with Crippen molar-refractivity contribution in [2.24, 2.45) is 5.41 Å². The average molecular weight is 347 g/mol. The standard InChI is InChI=1S/C16H30NO5P/c1-4-10-16(11-8-7-9-12-16)13-14(18)22-15(17)23(19,20-5-2)21-6-3/h17H,4-13H2,1-3H3. The van der Waals surface area contributed by atoms with E-state index in [1.165, 1.54) is 6.42 Å². The van der Waals surface area contributed by atoms with Gasteiger partial charge in [0.05, 0.1) is 19.6 Å². The highest BCUT2D eigenvalue weighted by atomic mass is 31.2. The highest BCUT2D eigenvalue weighted by molar-refractivity contribution is 7.71. The van der Waals surface area contributed by atoms with Gasteiger partial charge in [0, 0.05) is 0 Å². The second-order valence-electron chi connectivity index (χ2n) is 6.10. The van der Waals surface area contributed by atoms with Crippen molar-refractivity contribution in [2.75, 3.05) is 13.2 Å². The van der Waals surface area contributed by atoms with Crippen molar-refractivity contribution in [2.45, 2.75) is 72.1 Å². The fourth-order valence-electron chi connectivity index (χ4n) is 3.35. The zero-order valence-electron chi connectivity index (χ0n) is 14.6. The second-order valence-corrected chi connectivity index (χ2v) is 8.02. The Morgan fingerprint density at radius 3 is 2.13 bits per heavy atom. The molecule has 0 amide bonds. The fraction of sp³-hybridized carbons (Fsp3) is 0.875. The van der Waals surface area contributed by atoms with Gasteiger partial charge in [0.1, 0.15) is 0 Å². The molecule has 1 aliphatic carbocycles. The summed E-state index contributed by atoms with van der Waals surface area (Å²) < 4.78 is 27.5. The van der Waals surface area contributed by atoms with Crippen LogP contribution in [-0.2, 0) is 23.1 Å². The number of nitrogens with one attached hydrogen (secondary N) is 1. The first-order valence-electron chi connectivity index (χ1n) is 8.60. The van der Waals surface area contributed by atoms with E-state index in [9.17, 15) is 9.36 Å². The van der Waals surface area contributed by atoms with Crippen LogP contribution in [0.2, 0.25) is 0 Å². The minimum absolute atomic E-state index is 0.0361. The smallest absolute Gasteiger partial charge is 0.400 e. The van der Waals surface area contributed by atoms with Crippen LogP contribution in [0.3, 0.4) is 0 Å². The molecule has 1 rings (SSSR count). The molecule has 7 heteroatoms. The van der Waals surface area contributed by atoms with E-state index in [1.54, 1.807) is 13.8 Å². The predicted octanol–water partition coefficient (Wildman–Crippen LogP) is 4.87. The van der Waals surface area contributed by atoms with Crippen LogP contribution >= 0.6 is 7.60 Å². The molecule has 6 nitrogen and oxygen atoms in total. The zero-order valence-corrected chi connectivity index (χ0v) is 15.5. The number of hydrogen-bond donors (Lipinski definition) is 1. The minimum Gasteiger partial charge on any atom is -0.400 e. The van der Waals surface area contributed by atoms with Gasteiger partial charge in [-0.1, -0.05) is 32.6 Å². The van der Waals surface area contributed by atoms with E-state index in [0.717, 1.165) is 38.5 Å². The van der Waals surface area contributed by atoms with Crippen LogP contribution in [0, 0.1) is 10.8 Å². The van der Waals surface area contributed by atoms with E-state index in [1.807, 2.05) is 0 Å². The predicted molar refractivity (Wildman–Crippen MR) is 89.7 cm³/mol. The Balaban J connectivity index is 2.69. The van der Waals surface area contributed by atoms with Crippen molar-refractivity contribution in [3.8, 4) is 0 Å². The summed E-state index contributed by atoms with van der Waals surface area (Å²) >= 11 is 0. The Kier molecular flexibility index (Phi) is 8.45. The molecule has 0 saturated heterocycles. The molecule has 23 heavy (non-hydrogen) atoms. The third kappa shape index (κ3) is 6.02. The van der Waals surface area contributed by atoms with E-state index in [4.69, 9.17) is 19.2 Å². The molecular weight excluding hydrogens is 317 g/mol. The second kappa shape index (κ2) is 9.55. The SMILES string of the molecule is CCCC1(CC(=O)OC(=N)P(=O)(OCC)OCC)CCCCC1. The molecule has 0 radical (unpaired) electrons. The Morgan fingerprint density at radius 2 is 1.65 bits per heavy atom. The van der Waals surface area contributed by atoms with Crippen molar-refractivity contribution >= 4 is 19.2 Å². The molecule has 0 unspecified atom stereocenters. The third-order valence-corrected chi connectivity index (χ3v) is 6.06. The van der Waals surface area contributed by atoms with E-state index in [2.05, 4.69) is 6.92 Å². The quantitative estimate of drug-likeness (QED) is 0.278. The molecule has 1 fully saturated rings. The van der Waals surface area contributed by atoms with Crippen LogP contribution in [0.1, 0.15) is 72.1 Å². The highest BCUT2D eigenvalue weighted by Gasteiger charge is 2.38. The van der Waals surface area contributed by atoms with Crippen molar-refractivity contribution in [3.05, 3.63) is 0 Å². The van der Waals surface area contributed by atoms with E-state index in [-0.39, 0.29) is 25.0 Å². The summed E-state index contributed by atoms with van der Waals surface area (Å²) in [5.41, 5.74) is -0.736. The molecule has 0 aromatic carbocycles. The maximum Gasteiger partial charge on any atom is 0.415 e. The molecule has 0 bridgehead atoms. The molecule has 1 aliphatic rings. The largest absolute Gasteiger partial charge is 0.415 e. The van der Waals surface area contributed by atoms with Gasteiger partial charge in [0.2, 0.25) is 0 Å². The molecule has 0 heterocycles. The van der Waals surface area contributed by atoms with Crippen LogP contribution in [-0.4, -0.2) is 24.8 Å². The highest BCUT2D eigenvalue weighted by Crippen LogP contribution is 2.50. The van der Waals surface area contributed by atoms with Gasteiger partial charge in [0.15, 0.2) is 0 Å². The molecule has 0 spiro atoms. The van der Waals surface area contributed by atoms with Crippen molar-refractivity contribution in [1.29, 1.82) is 5.41 Å². The number of hydrogen-bond acceptors (Lipinski definition) is 6. The molecule has 0 atom stereocenters. The van der Waals surface area contributed by atoms with Gasteiger partial charge in [0.25, 0.3) is 0 Å². The van der Waals surface area contributed by atoms with Gasteiger partial charge in [-0.05, 0) is 38.5 Å². The van der Waals surface area contributed by atoms with Crippen LogP contribution in [0.5, 0.6) is 0 Å². The topological polar surface area (TPSA) is 85.7 Å². The van der Waals surface area contributed by atoms with Crippen molar-refractivity contribution < 1.29 is 23.1 Å². The Labute approximate surface area is 139 Å². The summed E-state index contributed by atoms with van der Waals surface area (Å²) in [7, 11) is -3.81. The molecule has 0 aliphatic heterocycles. The minimum atomic E-state index is -3.81. The Hall–Kier alpha value is -0.710. The van der Waals surface area contributed by atoms with E-state index < -0.39 is 19.2 Å². The maximum absolute atomic E-state index is 12.4. The van der Waals surface area contributed by atoms with E-state index >= 15 is 0 Å². The zero-order chi connectivity index (χ0) is 17.3. The maximum atomic E-state index is 12.4. The molecule has 0 aromatic heterocycles. The summed E-state index contributed by atoms with van der Waals surface area (Å²) in [6, 6.07) is 0. The lowest BCUT2D eigenvalue weighted by molar-refractivity contribution is -0.139. The summed E-state index contributed by atoms with van der Waals surface area (Å²) in [6.45, 7) is 5.66. The fourth-order valence-corrected chi connectivity index (χ4v) is 4.55. The number of rotatable bonds is 9. The molecular formula is C16H30NO5P. The van der Waals surface area contributed by atoms with Gasteiger partial charge >= 0.3 is 19.2 Å². The summed E-state index contributed by atoms with van der Waals surface area (Å²) in [4.78, 5) is 12.3. The molecule has 134 valence electrons. The van der Waals surface area contributed by atoms with E-state index in [0.29, 0.717) is 0 Å². The van der Waals surface area contributed by atoms with Gasteiger partial charge < -0.3 is 13.8 Å². The van der Waals surface area contributed by atoms with Crippen molar-refractivity contribution in [3.63, 3.8) is 0 Å². The lowest BCUT2D eigenvalue weighted by Gasteiger charge is -2.36. The van der Waals surface area contributed by atoms with Crippen LogP contribution in [0.15, 0.2) is 0 Å². The Bertz CT molecular complexity index is 430. The molecule has 0 aromatic rings. The van der Waals surface area contributed by atoms with Crippen LogP contribution in [0.25, 0.3) is 0 Å². The monoisotopic (exact) mass is 347 g/mol. The normalized spacial score (nSPS) is 17.7. The number of ether oxygens (including phenoxy) is 1. The van der Waals surface area contributed by atoms with Gasteiger partial charge in [-0.25, -0.2) is 4.57 Å². The summed E-state index contributed by atoms with van der Waals surface area (Å²) in [6.07, 6.45) is 7.74. The summed E-state index contributed by atoms with van der Waals surface area (Å²) in [5, 5.41) is 7.81. The van der Waals surface area contributed by atoms with Crippen LogP contribution < -0.4 is 0 Å². The van der Waals surface area contributed by atoms with Gasteiger partial charge in [-0.2, -0.15) is 0 Å². The number of carbonyl (C=O) groups excluding carboxylic acids is 1. The van der Waals surface area contributed by atoms with Gasteiger partial charge in [-0.3, -0.25) is 10.2 Å². The third-order valence-electron chi connectivity index (χ3n) is 4.27. The first-order valence-corrected chi connectivity index (χ1v) is 10.1. The lowest BCUT2D eigenvalue weighted by Crippen LogP contribution is -2.29. The first kappa shape index (κ1) is 20.3. The van der Waals surface area contributed by atoms with Crippen LogP contribution in [0.4, 0.5) is 0 Å². The van der Waals surface area contributed by atoms with Gasteiger partial charge in [-0.15, -0.1) is 0 Å². The molecule has 1 N–H and O–H groups in total. The first-order chi connectivity index (χ1) is 10.9. The average Bonchev–Trinajstić information content (AvgIpc) is 2.48. The lowest BCUT2D eigenvalue weighted by atomic mass is 9.69. The summed E-state index contributed by atoms with van der Waals surface area (Å²) in [5.74, 6) is -0.509. The Morgan fingerprint density at radius 1 is 1.09 bits per heavy atom. The van der Waals surface area contributed by atoms with Crippen molar-refractivity contribution in [1.82, 2.24) is 0 Å². The number of esters is 1.